The third kappa shape index (κ3) is 3.59. The maximum Gasteiger partial charge on any atom is 2.00 e. The fraction of sp³-hybridized carbons (Fsp3) is 0. The van der Waals surface area contributed by atoms with Crippen molar-refractivity contribution in [3.63, 3.8) is 0 Å². The van der Waals surface area contributed by atoms with Crippen LogP contribution < -0.4 is 24.0 Å². The van der Waals surface area contributed by atoms with Crippen molar-refractivity contribution in [3.8, 4) is 11.1 Å². The molecular weight excluding hydrogens is 295 g/mol. The van der Waals surface area contributed by atoms with Crippen molar-refractivity contribution in [1.29, 1.82) is 0 Å². The minimum absolute atomic E-state index is 0. The fourth-order valence-electron chi connectivity index (χ4n) is 1.21. The van der Waals surface area contributed by atoms with Gasteiger partial charge in [0.1, 0.15) is 0 Å². The van der Waals surface area contributed by atoms with Crippen LogP contribution in [0.3, 0.4) is 0 Å². The molecule has 66 valence electrons. The molecule has 0 radical (unpaired) electrons. The van der Waals surface area contributed by atoms with Crippen LogP contribution >= 0.6 is 0 Å². The van der Waals surface area contributed by atoms with Crippen LogP contribution in [0.5, 0.6) is 0 Å². The van der Waals surface area contributed by atoms with Crippen molar-refractivity contribution >= 4 is 23.1 Å². The molecule has 0 spiro atoms. The number of benzene rings is 2. The summed E-state index contributed by atoms with van der Waals surface area (Å²) < 4.78 is 0. The Balaban J connectivity index is 0.000000845. The topological polar surface area (TPSA) is 0 Å². The Hall–Kier alpha value is -0.0638. The van der Waals surface area contributed by atoms with Crippen LogP contribution in [0, 0.1) is 6.07 Å². The van der Waals surface area contributed by atoms with Crippen LogP contribution in [0.1, 0.15) is 0 Å². The van der Waals surface area contributed by atoms with Gasteiger partial charge in [0.25, 0.3) is 0 Å². The van der Waals surface area contributed by atoms with E-state index in [1.165, 1.54) is 11.1 Å². The van der Waals surface area contributed by atoms with Crippen LogP contribution in [0.4, 0.5) is 0 Å². The van der Waals surface area contributed by atoms with E-state index < -0.39 is 0 Å². The molecule has 0 aliphatic heterocycles. The average Bonchev–Trinajstić information content (AvgIpc) is 2.21. The molecule has 2 rings (SSSR count). The van der Waals surface area contributed by atoms with Gasteiger partial charge in [-0.3, -0.25) is 0 Å². The Morgan fingerprint density at radius 1 is 0.714 bits per heavy atom. The Bertz CT molecular complexity index is 308. The van der Waals surface area contributed by atoms with E-state index in [4.69, 9.17) is 0 Å². The summed E-state index contributed by atoms with van der Waals surface area (Å²) in [5.41, 5.74) is 2.50. The minimum Gasteiger partial charge on any atom is -1.00 e. The van der Waals surface area contributed by atoms with Crippen LogP contribution in [0.2, 0.25) is 0 Å². The molecule has 0 saturated heterocycles. The van der Waals surface area contributed by atoms with Crippen molar-refractivity contribution in [2.75, 3.05) is 0 Å². The second-order valence-corrected chi connectivity index (χ2v) is 2.65. The van der Waals surface area contributed by atoms with Crippen LogP contribution in [0.25, 0.3) is 11.1 Å². The van der Waals surface area contributed by atoms with Gasteiger partial charge in [-0.05, 0) is 5.56 Å². The molecule has 0 fully saturated rings. The summed E-state index contributed by atoms with van der Waals surface area (Å²) in [7, 11) is 0. The standard InChI is InChI=1S/C12H9.HI.Mg/c1-3-7-11(8-4-1)12-9-5-2-6-10-12;;/h1,3-10H;1H;/q-1;;+2/p-1. The zero-order chi connectivity index (χ0) is 8.23. The molecule has 0 bridgehead atoms. The Kier molecular flexibility index (Phi) is 7.22. The van der Waals surface area contributed by atoms with Crippen LogP contribution in [0.15, 0.2) is 54.6 Å². The Morgan fingerprint density at radius 3 is 1.79 bits per heavy atom. The minimum atomic E-state index is 0. The van der Waals surface area contributed by atoms with Gasteiger partial charge >= 0.3 is 23.1 Å². The van der Waals surface area contributed by atoms with Gasteiger partial charge in [-0.25, -0.2) is 0 Å². The van der Waals surface area contributed by atoms with E-state index in [2.05, 4.69) is 30.3 Å². The van der Waals surface area contributed by atoms with Gasteiger partial charge in [-0.2, -0.15) is 30.3 Å². The first-order valence-electron chi connectivity index (χ1n) is 3.98. The molecule has 0 aliphatic rings. The molecule has 0 atom stereocenters. The van der Waals surface area contributed by atoms with Gasteiger partial charge < -0.3 is 24.0 Å². The van der Waals surface area contributed by atoms with E-state index in [0.717, 1.165) is 0 Å². The fourth-order valence-corrected chi connectivity index (χ4v) is 1.21. The van der Waals surface area contributed by atoms with Crippen LogP contribution in [-0.4, -0.2) is 23.1 Å². The smallest absolute Gasteiger partial charge is 1.00 e. The molecule has 0 amide bonds. The normalized spacial score (nSPS) is 8.29. The summed E-state index contributed by atoms with van der Waals surface area (Å²) in [6.07, 6.45) is 0. The summed E-state index contributed by atoms with van der Waals surface area (Å²) >= 11 is 0. The van der Waals surface area contributed by atoms with Crippen molar-refractivity contribution in [2.24, 2.45) is 0 Å². The van der Waals surface area contributed by atoms with Crippen molar-refractivity contribution in [2.45, 2.75) is 0 Å². The van der Waals surface area contributed by atoms with Gasteiger partial charge in [-0.1, -0.05) is 30.3 Å². The molecule has 0 aromatic heterocycles. The third-order valence-electron chi connectivity index (χ3n) is 1.83. The first kappa shape index (κ1) is 13.9. The first-order chi connectivity index (χ1) is 5.97. The number of hydrogen-bond acceptors (Lipinski definition) is 0. The number of halogens is 1. The van der Waals surface area contributed by atoms with Gasteiger partial charge in [0.15, 0.2) is 0 Å². The molecule has 2 aromatic carbocycles. The first-order valence-corrected chi connectivity index (χ1v) is 3.98. The largest absolute Gasteiger partial charge is 2.00 e. The second kappa shape index (κ2) is 7.26. The predicted octanol–water partition coefficient (Wildman–Crippen LogP) is -0.223. The van der Waals surface area contributed by atoms with Crippen molar-refractivity contribution < 1.29 is 24.0 Å². The van der Waals surface area contributed by atoms with Gasteiger partial charge in [0.05, 0.1) is 0 Å². The summed E-state index contributed by atoms with van der Waals surface area (Å²) in [4.78, 5) is 0. The number of hydrogen-bond donors (Lipinski definition) is 0. The van der Waals surface area contributed by atoms with E-state index in [-0.39, 0.29) is 47.0 Å². The summed E-state index contributed by atoms with van der Waals surface area (Å²) in [5.74, 6) is 0. The average molecular weight is 304 g/mol. The molecule has 0 unspecified atom stereocenters. The molecule has 2 aromatic rings. The SMILES string of the molecule is [I-].[Mg+2].[c-]1ccc(-c2ccccc2)cc1. The van der Waals surface area contributed by atoms with E-state index >= 15 is 0 Å². The maximum atomic E-state index is 3.00. The van der Waals surface area contributed by atoms with Gasteiger partial charge in [-0.15, -0.1) is 5.56 Å². The molecule has 14 heavy (non-hydrogen) atoms. The van der Waals surface area contributed by atoms with Gasteiger partial charge in [0, 0.05) is 0 Å². The number of rotatable bonds is 1. The summed E-state index contributed by atoms with van der Waals surface area (Å²) in [6, 6.07) is 21.3. The molecule has 0 N–H and O–H groups in total. The zero-order valence-corrected chi connectivity index (χ0v) is 11.4. The summed E-state index contributed by atoms with van der Waals surface area (Å²) in [5, 5.41) is 0. The predicted molar refractivity (Wildman–Crippen MR) is 56.5 cm³/mol. The van der Waals surface area contributed by atoms with E-state index in [9.17, 15) is 0 Å². The van der Waals surface area contributed by atoms with Crippen molar-refractivity contribution in [1.82, 2.24) is 0 Å². The molecule has 0 nitrogen and oxygen atoms in total. The molecule has 0 saturated carbocycles. The Labute approximate surface area is 118 Å². The maximum absolute atomic E-state index is 3.00. The molecule has 2 heteroatoms. The monoisotopic (exact) mass is 304 g/mol. The molecule has 0 aliphatic carbocycles. The second-order valence-electron chi connectivity index (χ2n) is 2.65. The van der Waals surface area contributed by atoms with E-state index in [0.29, 0.717) is 0 Å². The van der Waals surface area contributed by atoms with Crippen molar-refractivity contribution in [3.05, 3.63) is 60.7 Å². The quantitative estimate of drug-likeness (QED) is 0.388. The molecular formula is C12H9IMg. The summed E-state index contributed by atoms with van der Waals surface area (Å²) in [6.45, 7) is 0. The van der Waals surface area contributed by atoms with Crippen LogP contribution in [-0.2, 0) is 0 Å². The Morgan fingerprint density at radius 2 is 1.21 bits per heavy atom. The third-order valence-corrected chi connectivity index (χ3v) is 1.83. The zero-order valence-electron chi connectivity index (χ0n) is 7.78. The van der Waals surface area contributed by atoms with E-state index in [1.54, 1.807) is 0 Å². The van der Waals surface area contributed by atoms with E-state index in [1.807, 2.05) is 30.3 Å². The van der Waals surface area contributed by atoms with Gasteiger partial charge in [0.2, 0.25) is 0 Å². The molecule has 0 heterocycles.